The summed E-state index contributed by atoms with van der Waals surface area (Å²) in [7, 11) is 4.17. The topological polar surface area (TPSA) is 53.0 Å². The highest BCUT2D eigenvalue weighted by Crippen LogP contribution is 2.12. The molecule has 0 atom stereocenters. The summed E-state index contributed by atoms with van der Waals surface area (Å²) < 4.78 is 5.66. The zero-order chi connectivity index (χ0) is 15.7. The van der Waals surface area contributed by atoms with Gasteiger partial charge < -0.3 is 19.6 Å². The number of rotatable bonds is 10. The Bertz CT molecular complexity index is 418. The molecule has 0 spiro atoms. The van der Waals surface area contributed by atoms with Crippen molar-refractivity contribution in [1.82, 2.24) is 9.80 Å². The number of nitrogens with zero attached hydrogens (tertiary/aromatic N) is 2. The van der Waals surface area contributed by atoms with Crippen LogP contribution in [0.15, 0.2) is 24.3 Å². The molecule has 1 aromatic rings. The zero-order valence-electron chi connectivity index (χ0n) is 13.2. The van der Waals surface area contributed by atoms with Crippen LogP contribution in [-0.4, -0.2) is 67.8 Å². The van der Waals surface area contributed by atoms with Gasteiger partial charge in [-0.1, -0.05) is 6.92 Å². The van der Waals surface area contributed by atoms with E-state index in [-0.39, 0.29) is 5.56 Å². The lowest BCUT2D eigenvalue weighted by Crippen LogP contribution is -2.31. The highest BCUT2D eigenvalue weighted by atomic mass is 16.5. The van der Waals surface area contributed by atoms with Gasteiger partial charge in [-0.3, -0.25) is 0 Å². The fourth-order valence-corrected chi connectivity index (χ4v) is 2.02. The molecule has 5 heteroatoms. The quantitative estimate of drug-likeness (QED) is 0.715. The van der Waals surface area contributed by atoms with E-state index in [2.05, 4.69) is 30.8 Å². The van der Waals surface area contributed by atoms with E-state index in [1.807, 2.05) is 0 Å². The zero-order valence-corrected chi connectivity index (χ0v) is 13.2. The summed E-state index contributed by atoms with van der Waals surface area (Å²) >= 11 is 0. The van der Waals surface area contributed by atoms with Crippen molar-refractivity contribution < 1.29 is 14.6 Å². The minimum Gasteiger partial charge on any atom is -0.492 e. The number of aromatic carboxylic acids is 1. The highest BCUT2D eigenvalue weighted by Gasteiger charge is 2.04. The van der Waals surface area contributed by atoms with Crippen molar-refractivity contribution in [1.29, 1.82) is 0 Å². The van der Waals surface area contributed by atoms with E-state index in [0.29, 0.717) is 12.4 Å². The second-order valence-electron chi connectivity index (χ2n) is 5.27. The smallest absolute Gasteiger partial charge is 0.335 e. The molecule has 0 aliphatic heterocycles. The minimum absolute atomic E-state index is 0.279. The second-order valence-corrected chi connectivity index (χ2v) is 5.27. The van der Waals surface area contributed by atoms with Gasteiger partial charge in [0.2, 0.25) is 0 Å². The van der Waals surface area contributed by atoms with E-state index in [1.54, 1.807) is 24.3 Å². The number of benzene rings is 1. The lowest BCUT2D eigenvalue weighted by atomic mass is 10.2. The third-order valence-corrected chi connectivity index (χ3v) is 3.30. The average Bonchev–Trinajstić information content (AvgIpc) is 2.45. The van der Waals surface area contributed by atoms with Crippen molar-refractivity contribution in [3.05, 3.63) is 29.8 Å². The summed E-state index contributed by atoms with van der Waals surface area (Å²) in [5, 5.41) is 8.83. The molecule has 1 rings (SSSR count). The van der Waals surface area contributed by atoms with Gasteiger partial charge in [-0.15, -0.1) is 0 Å². The van der Waals surface area contributed by atoms with Crippen LogP contribution < -0.4 is 4.74 Å². The molecule has 0 amide bonds. The van der Waals surface area contributed by atoms with Gasteiger partial charge in [0.25, 0.3) is 0 Å². The number of hydrogen-bond donors (Lipinski definition) is 1. The lowest BCUT2D eigenvalue weighted by molar-refractivity contribution is 0.0697. The molecular formula is C16H26N2O3. The predicted molar refractivity (Wildman–Crippen MR) is 84.2 cm³/mol. The molecule has 0 saturated carbocycles. The second kappa shape index (κ2) is 9.37. The Balaban J connectivity index is 2.28. The molecule has 21 heavy (non-hydrogen) atoms. The first kappa shape index (κ1) is 17.5. The molecule has 0 saturated heterocycles. The van der Waals surface area contributed by atoms with Crippen molar-refractivity contribution >= 4 is 5.97 Å². The Morgan fingerprint density at radius 2 is 1.81 bits per heavy atom. The van der Waals surface area contributed by atoms with Gasteiger partial charge in [0.05, 0.1) is 5.56 Å². The molecule has 0 aromatic heterocycles. The van der Waals surface area contributed by atoms with Crippen molar-refractivity contribution in [3.8, 4) is 5.75 Å². The van der Waals surface area contributed by atoms with E-state index >= 15 is 0 Å². The first-order valence-electron chi connectivity index (χ1n) is 7.36. The van der Waals surface area contributed by atoms with Crippen LogP contribution in [-0.2, 0) is 0 Å². The van der Waals surface area contributed by atoms with Gasteiger partial charge in [-0.05, 0) is 64.4 Å². The first-order valence-corrected chi connectivity index (χ1v) is 7.36. The van der Waals surface area contributed by atoms with E-state index < -0.39 is 5.97 Å². The Hall–Kier alpha value is -1.59. The Morgan fingerprint density at radius 3 is 2.33 bits per heavy atom. The standard InChI is InChI=1S/C16H26N2O3/c1-4-18(11-5-10-17(2)3)12-13-21-15-8-6-14(7-9-15)16(19)20/h6-9H,4-5,10-13H2,1-3H3,(H,19,20). The van der Waals surface area contributed by atoms with Gasteiger partial charge in [0.15, 0.2) is 0 Å². The molecule has 0 fully saturated rings. The van der Waals surface area contributed by atoms with Crippen LogP contribution in [0.5, 0.6) is 5.75 Å². The molecule has 0 aliphatic rings. The summed E-state index contributed by atoms with van der Waals surface area (Å²) in [6, 6.07) is 6.52. The third-order valence-electron chi connectivity index (χ3n) is 3.30. The number of carboxylic acids is 1. The molecule has 118 valence electrons. The number of likely N-dealkylation sites (N-methyl/N-ethyl adjacent to an activating group) is 1. The fourth-order valence-electron chi connectivity index (χ4n) is 2.02. The Kier molecular flexibility index (Phi) is 7.79. The monoisotopic (exact) mass is 294 g/mol. The SMILES string of the molecule is CCN(CCCN(C)C)CCOc1ccc(C(=O)O)cc1. The molecule has 5 nitrogen and oxygen atoms in total. The maximum Gasteiger partial charge on any atom is 0.335 e. The largest absolute Gasteiger partial charge is 0.492 e. The van der Waals surface area contributed by atoms with E-state index in [1.165, 1.54) is 0 Å². The van der Waals surface area contributed by atoms with Crippen LogP contribution in [0.25, 0.3) is 0 Å². The van der Waals surface area contributed by atoms with Crippen molar-refractivity contribution in [3.63, 3.8) is 0 Å². The lowest BCUT2D eigenvalue weighted by Gasteiger charge is -2.21. The Morgan fingerprint density at radius 1 is 1.14 bits per heavy atom. The van der Waals surface area contributed by atoms with Gasteiger partial charge in [0.1, 0.15) is 12.4 Å². The third kappa shape index (κ3) is 7.11. The fraction of sp³-hybridized carbons (Fsp3) is 0.562. The van der Waals surface area contributed by atoms with Crippen LogP contribution >= 0.6 is 0 Å². The maximum atomic E-state index is 10.8. The summed E-state index contributed by atoms with van der Waals surface area (Å²) in [4.78, 5) is 15.3. The van der Waals surface area contributed by atoms with Gasteiger partial charge in [0, 0.05) is 6.54 Å². The highest BCUT2D eigenvalue weighted by molar-refractivity contribution is 5.87. The summed E-state index contributed by atoms with van der Waals surface area (Å²) in [5.41, 5.74) is 0.279. The number of carboxylic acid groups (broad SMARTS) is 1. The van der Waals surface area contributed by atoms with E-state index in [9.17, 15) is 4.79 Å². The van der Waals surface area contributed by atoms with Crippen molar-refractivity contribution in [2.45, 2.75) is 13.3 Å². The van der Waals surface area contributed by atoms with Gasteiger partial charge in [-0.2, -0.15) is 0 Å². The minimum atomic E-state index is -0.917. The predicted octanol–water partition coefficient (Wildman–Crippen LogP) is 2.04. The van der Waals surface area contributed by atoms with Crippen LogP contribution in [0.3, 0.4) is 0 Å². The van der Waals surface area contributed by atoms with Gasteiger partial charge >= 0.3 is 5.97 Å². The number of carbonyl (C=O) groups is 1. The van der Waals surface area contributed by atoms with Crippen LogP contribution in [0, 0.1) is 0 Å². The average molecular weight is 294 g/mol. The molecule has 0 bridgehead atoms. The number of ether oxygens (including phenoxy) is 1. The normalized spacial score (nSPS) is 11.1. The molecule has 0 unspecified atom stereocenters. The molecular weight excluding hydrogens is 268 g/mol. The van der Waals surface area contributed by atoms with Crippen LogP contribution in [0.4, 0.5) is 0 Å². The molecule has 1 N–H and O–H groups in total. The van der Waals surface area contributed by atoms with Crippen LogP contribution in [0.1, 0.15) is 23.7 Å². The van der Waals surface area contributed by atoms with Crippen LogP contribution in [0.2, 0.25) is 0 Å². The summed E-state index contributed by atoms with van der Waals surface area (Å²) in [5.74, 6) is -0.205. The first-order chi connectivity index (χ1) is 10.0. The molecule has 0 radical (unpaired) electrons. The summed E-state index contributed by atoms with van der Waals surface area (Å²) in [6.07, 6.45) is 1.15. The van der Waals surface area contributed by atoms with Crippen molar-refractivity contribution in [2.75, 3.05) is 46.9 Å². The van der Waals surface area contributed by atoms with Crippen molar-refractivity contribution in [2.24, 2.45) is 0 Å². The number of hydrogen-bond acceptors (Lipinski definition) is 4. The van der Waals surface area contributed by atoms with Gasteiger partial charge in [-0.25, -0.2) is 4.79 Å². The van der Waals surface area contributed by atoms with E-state index in [4.69, 9.17) is 9.84 Å². The molecule has 0 aliphatic carbocycles. The Labute approximate surface area is 127 Å². The molecule has 1 aromatic carbocycles. The maximum absolute atomic E-state index is 10.8. The summed E-state index contributed by atoms with van der Waals surface area (Å²) in [6.45, 7) is 6.81. The van der Waals surface area contributed by atoms with E-state index in [0.717, 1.165) is 32.6 Å². The molecule has 0 heterocycles.